The van der Waals surface area contributed by atoms with E-state index in [0.717, 1.165) is 0 Å². The predicted octanol–water partition coefficient (Wildman–Crippen LogP) is 0.624. The summed E-state index contributed by atoms with van der Waals surface area (Å²) in [5, 5.41) is 14.1. The Morgan fingerprint density at radius 3 is 2.20 bits per heavy atom. The number of ether oxygens (including phenoxy) is 4. The standard InChI is InChI=1S/C16H32N2O7/c1-5-22-6-7-23-8-9-24-12-13(10-17-11-14(19)20)18-15(21)25-16(2,3)4/h13,17H,5-12H2,1-4H3,(H,18,21)(H,19,20)/t13-/m1/s1. The molecule has 25 heavy (non-hydrogen) atoms. The maximum atomic E-state index is 11.8. The second-order valence-electron chi connectivity index (χ2n) is 6.25. The molecule has 9 heteroatoms. The summed E-state index contributed by atoms with van der Waals surface area (Å²) in [7, 11) is 0. The lowest BCUT2D eigenvalue weighted by molar-refractivity contribution is -0.135. The van der Waals surface area contributed by atoms with E-state index in [9.17, 15) is 9.59 Å². The fourth-order valence-corrected chi connectivity index (χ4v) is 1.69. The monoisotopic (exact) mass is 364 g/mol. The highest BCUT2D eigenvalue weighted by Crippen LogP contribution is 2.06. The number of alkyl carbamates (subject to hydrolysis) is 1. The number of hydrogen-bond donors (Lipinski definition) is 3. The summed E-state index contributed by atoms with van der Waals surface area (Å²) in [5.41, 5.74) is -0.613. The zero-order valence-corrected chi connectivity index (χ0v) is 15.6. The van der Waals surface area contributed by atoms with Gasteiger partial charge in [0.1, 0.15) is 5.60 Å². The Kier molecular flexibility index (Phi) is 13.0. The van der Waals surface area contributed by atoms with Crippen LogP contribution in [0.15, 0.2) is 0 Å². The van der Waals surface area contributed by atoms with E-state index in [-0.39, 0.29) is 19.7 Å². The van der Waals surface area contributed by atoms with Crippen LogP contribution in [0, 0.1) is 0 Å². The number of carboxylic acid groups (broad SMARTS) is 1. The lowest BCUT2D eigenvalue weighted by Crippen LogP contribution is -2.47. The summed E-state index contributed by atoms with van der Waals surface area (Å²) >= 11 is 0. The largest absolute Gasteiger partial charge is 0.480 e. The number of carboxylic acids is 1. The van der Waals surface area contributed by atoms with Gasteiger partial charge in [-0.25, -0.2) is 4.79 Å². The third-order valence-electron chi connectivity index (χ3n) is 2.65. The first-order valence-corrected chi connectivity index (χ1v) is 8.40. The highest BCUT2D eigenvalue weighted by Gasteiger charge is 2.19. The molecule has 0 unspecified atom stereocenters. The lowest BCUT2D eigenvalue weighted by Gasteiger charge is -2.23. The van der Waals surface area contributed by atoms with Gasteiger partial charge in [-0.3, -0.25) is 4.79 Å². The van der Waals surface area contributed by atoms with Crippen molar-refractivity contribution in [1.82, 2.24) is 10.6 Å². The number of nitrogens with one attached hydrogen (secondary N) is 2. The fraction of sp³-hybridized carbons (Fsp3) is 0.875. The zero-order valence-electron chi connectivity index (χ0n) is 15.6. The maximum Gasteiger partial charge on any atom is 0.407 e. The predicted molar refractivity (Wildman–Crippen MR) is 91.8 cm³/mol. The molecule has 0 rings (SSSR count). The van der Waals surface area contributed by atoms with E-state index in [1.165, 1.54) is 0 Å². The van der Waals surface area contributed by atoms with Crippen molar-refractivity contribution in [2.45, 2.75) is 39.3 Å². The molecule has 9 nitrogen and oxygen atoms in total. The van der Waals surface area contributed by atoms with Gasteiger partial charge in [0.15, 0.2) is 0 Å². The molecule has 148 valence electrons. The number of carbonyl (C=O) groups excluding carboxylic acids is 1. The van der Waals surface area contributed by atoms with Gasteiger partial charge in [0.25, 0.3) is 0 Å². The molecule has 0 spiro atoms. The van der Waals surface area contributed by atoms with E-state index >= 15 is 0 Å². The number of aliphatic carboxylic acids is 1. The van der Waals surface area contributed by atoms with Crippen LogP contribution >= 0.6 is 0 Å². The quantitative estimate of drug-likeness (QED) is 0.384. The van der Waals surface area contributed by atoms with Crippen LogP contribution in [0.3, 0.4) is 0 Å². The molecule has 0 aliphatic heterocycles. The van der Waals surface area contributed by atoms with Gasteiger partial charge in [0.2, 0.25) is 0 Å². The molecule has 1 atom stereocenters. The smallest absolute Gasteiger partial charge is 0.407 e. The molecular weight excluding hydrogens is 332 g/mol. The van der Waals surface area contributed by atoms with E-state index in [2.05, 4.69) is 10.6 Å². The van der Waals surface area contributed by atoms with Gasteiger partial charge in [0, 0.05) is 13.2 Å². The van der Waals surface area contributed by atoms with Crippen LogP contribution in [-0.2, 0) is 23.7 Å². The van der Waals surface area contributed by atoms with Crippen LogP contribution in [0.2, 0.25) is 0 Å². The third kappa shape index (κ3) is 17.2. The summed E-state index contributed by atoms with van der Waals surface area (Å²) in [6.07, 6.45) is -0.578. The van der Waals surface area contributed by atoms with Crippen molar-refractivity contribution in [3.63, 3.8) is 0 Å². The second kappa shape index (κ2) is 13.8. The molecule has 0 aliphatic carbocycles. The van der Waals surface area contributed by atoms with Gasteiger partial charge in [-0.1, -0.05) is 0 Å². The van der Waals surface area contributed by atoms with E-state index < -0.39 is 23.7 Å². The second-order valence-corrected chi connectivity index (χ2v) is 6.25. The number of amides is 1. The first-order valence-electron chi connectivity index (χ1n) is 8.40. The minimum Gasteiger partial charge on any atom is -0.480 e. The number of rotatable bonds is 14. The highest BCUT2D eigenvalue weighted by molar-refractivity contribution is 5.69. The SMILES string of the molecule is CCOCCOCCOC[C@@H](CNCC(=O)O)NC(=O)OC(C)(C)C. The molecule has 0 aliphatic rings. The van der Waals surface area contributed by atoms with Crippen molar-refractivity contribution in [2.75, 3.05) is 52.7 Å². The fourth-order valence-electron chi connectivity index (χ4n) is 1.69. The molecule has 0 heterocycles. The third-order valence-corrected chi connectivity index (χ3v) is 2.65. The molecule has 3 N–H and O–H groups in total. The molecule has 0 aromatic heterocycles. The van der Waals surface area contributed by atoms with Crippen molar-refractivity contribution in [2.24, 2.45) is 0 Å². The van der Waals surface area contributed by atoms with Crippen molar-refractivity contribution in [3.05, 3.63) is 0 Å². The Morgan fingerprint density at radius 1 is 1.04 bits per heavy atom. The van der Waals surface area contributed by atoms with Crippen LogP contribution in [0.5, 0.6) is 0 Å². The average molecular weight is 364 g/mol. The first kappa shape index (κ1) is 23.6. The molecule has 1 amide bonds. The Balaban J connectivity index is 4.08. The van der Waals surface area contributed by atoms with Crippen molar-refractivity contribution in [1.29, 1.82) is 0 Å². The van der Waals surface area contributed by atoms with Crippen LogP contribution in [0.25, 0.3) is 0 Å². The topological polar surface area (TPSA) is 115 Å². The summed E-state index contributed by atoms with van der Waals surface area (Å²) in [5.74, 6) is -0.973. The van der Waals surface area contributed by atoms with Crippen LogP contribution < -0.4 is 10.6 Å². The van der Waals surface area contributed by atoms with Gasteiger partial charge >= 0.3 is 12.1 Å². The summed E-state index contributed by atoms with van der Waals surface area (Å²) in [6, 6.07) is -0.419. The molecule has 0 aromatic rings. The summed E-state index contributed by atoms with van der Waals surface area (Å²) in [6.45, 7) is 9.92. The Bertz CT molecular complexity index is 372. The first-order chi connectivity index (χ1) is 11.7. The summed E-state index contributed by atoms with van der Waals surface area (Å²) < 4.78 is 21.1. The van der Waals surface area contributed by atoms with E-state index in [1.54, 1.807) is 20.8 Å². The van der Waals surface area contributed by atoms with Crippen LogP contribution in [0.4, 0.5) is 4.79 Å². The van der Waals surface area contributed by atoms with Crippen LogP contribution in [0.1, 0.15) is 27.7 Å². The molecule has 0 saturated carbocycles. The van der Waals surface area contributed by atoms with Gasteiger partial charge in [-0.15, -0.1) is 0 Å². The Hall–Kier alpha value is -1.42. The van der Waals surface area contributed by atoms with Crippen molar-refractivity contribution in [3.8, 4) is 0 Å². The minimum atomic E-state index is -0.973. The van der Waals surface area contributed by atoms with Gasteiger partial charge in [0.05, 0.1) is 45.6 Å². The lowest BCUT2D eigenvalue weighted by atomic mass is 10.2. The van der Waals surface area contributed by atoms with Gasteiger partial charge in [-0.2, -0.15) is 0 Å². The maximum absolute atomic E-state index is 11.8. The molecule has 0 bridgehead atoms. The normalized spacial score (nSPS) is 12.6. The van der Waals surface area contributed by atoms with Crippen molar-refractivity contribution < 1.29 is 33.6 Å². The van der Waals surface area contributed by atoms with Gasteiger partial charge < -0.3 is 34.7 Å². The number of hydrogen-bond acceptors (Lipinski definition) is 7. The van der Waals surface area contributed by atoms with E-state index in [1.807, 2.05) is 6.92 Å². The molecule has 0 fully saturated rings. The molecular formula is C16H32N2O7. The molecule has 0 saturated heterocycles. The zero-order chi connectivity index (χ0) is 19.1. The van der Waals surface area contributed by atoms with Gasteiger partial charge in [-0.05, 0) is 27.7 Å². The average Bonchev–Trinajstić information content (AvgIpc) is 2.47. The minimum absolute atomic E-state index is 0.201. The van der Waals surface area contributed by atoms with Crippen molar-refractivity contribution >= 4 is 12.1 Å². The Labute approximate surface area is 149 Å². The van der Waals surface area contributed by atoms with E-state index in [4.69, 9.17) is 24.1 Å². The molecule has 0 aromatic carbocycles. The number of carbonyl (C=O) groups is 2. The Morgan fingerprint density at radius 2 is 1.64 bits per heavy atom. The van der Waals surface area contributed by atoms with Crippen LogP contribution in [-0.4, -0.2) is 81.5 Å². The molecule has 0 radical (unpaired) electrons. The summed E-state index contributed by atoms with van der Waals surface area (Å²) in [4.78, 5) is 22.4. The highest BCUT2D eigenvalue weighted by atomic mass is 16.6. The van der Waals surface area contributed by atoms with E-state index in [0.29, 0.717) is 33.0 Å².